The first-order valence-electron chi connectivity index (χ1n) is 12.0. The molecule has 2 aromatic heterocycles. The number of aryl methyl sites for hydroxylation is 1. The number of nitrogens with zero attached hydrogens (tertiary/aromatic N) is 3. The molecule has 0 radical (unpaired) electrons. The zero-order valence-corrected chi connectivity index (χ0v) is 20.5. The summed E-state index contributed by atoms with van der Waals surface area (Å²) in [4.78, 5) is 26.4. The molecule has 2 aliphatic carbocycles. The number of aromatic nitrogens is 3. The van der Waals surface area contributed by atoms with E-state index in [1.807, 2.05) is 19.1 Å². The summed E-state index contributed by atoms with van der Waals surface area (Å²) >= 11 is 6.33. The number of nitrogens with one attached hydrogen (secondary N) is 2. The number of anilines is 1. The average Bonchev–Trinajstić information content (AvgIpc) is 3.22. The number of fused-ring (bicyclic) bond motifs is 1. The standard InChI is InChI=1S/C26H28ClN5O3/c1-3-31-22(8-10-28-31)25(33)30-24(19-13-17-12-18(17)14-19)26(34)29-20-6-4-16(5-7-20)23-15(2)32(35)11-9-21(23)27/h4-11,17-19,24H,3,12-14H2,1-2H3,(H,29,34)(H,30,33)/t17-,18+,19?,24-/m0/s1. The third-order valence-electron chi connectivity index (χ3n) is 7.30. The Balaban J connectivity index is 1.33. The summed E-state index contributed by atoms with van der Waals surface area (Å²) < 4.78 is 2.40. The van der Waals surface area contributed by atoms with Crippen LogP contribution in [0.5, 0.6) is 0 Å². The van der Waals surface area contributed by atoms with Crippen LogP contribution < -0.4 is 15.4 Å². The predicted molar refractivity (Wildman–Crippen MR) is 133 cm³/mol. The lowest BCUT2D eigenvalue weighted by Gasteiger charge is -2.25. The average molecular weight is 494 g/mol. The number of benzene rings is 1. The Bertz CT molecular complexity index is 1260. The van der Waals surface area contributed by atoms with Crippen LogP contribution in [0.2, 0.25) is 5.02 Å². The molecule has 2 fully saturated rings. The molecule has 2 aliphatic rings. The first-order valence-corrected chi connectivity index (χ1v) is 12.4. The predicted octanol–water partition coefficient (Wildman–Crippen LogP) is 3.95. The van der Waals surface area contributed by atoms with Gasteiger partial charge in [-0.05, 0) is 67.7 Å². The number of carbonyl (C=O) groups excluding carboxylic acids is 2. The van der Waals surface area contributed by atoms with Crippen molar-refractivity contribution in [1.29, 1.82) is 0 Å². The molecular formula is C26H28ClN5O3. The molecular weight excluding hydrogens is 466 g/mol. The van der Waals surface area contributed by atoms with E-state index in [2.05, 4.69) is 15.7 Å². The van der Waals surface area contributed by atoms with Gasteiger partial charge in [0.25, 0.3) is 5.91 Å². The van der Waals surface area contributed by atoms with Gasteiger partial charge in [-0.25, -0.2) is 0 Å². The van der Waals surface area contributed by atoms with Crippen LogP contribution in [0.4, 0.5) is 5.69 Å². The van der Waals surface area contributed by atoms with E-state index >= 15 is 0 Å². The van der Waals surface area contributed by atoms with Crippen LogP contribution in [-0.2, 0) is 11.3 Å². The molecule has 9 heteroatoms. The lowest BCUT2D eigenvalue weighted by molar-refractivity contribution is -0.611. The maximum absolute atomic E-state index is 13.4. The molecule has 2 N–H and O–H groups in total. The highest BCUT2D eigenvalue weighted by Crippen LogP contribution is 2.55. The molecule has 2 heterocycles. The molecule has 0 aliphatic heterocycles. The SMILES string of the molecule is CCn1nccc1C(=O)N[C@H](C(=O)Nc1ccc(-c2c(Cl)cc[n+]([O-])c2C)cc1)C1C[C@@H]2C[C@@H]2C1. The molecule has 1 unspecified atom stereocenters. The van der Waals surface area contributed by atoms with Crippen molar-refractivity contribution in [2.75, 3.05) is 5.32 Å². The monoisotopic (exact) mass is 493 g/mol. The highest BCUT2D eigenvalue weighted by Gasteiger charge is 2.49. The van der Waals surface area contributed by atoms with Crippen molar-refractivity contribution in [3.05, 3.63) is 70.4 Å². The van der Waals surface area contributed by atoms with Crippen molar-refractivity contribution in [3.8, 4) is 11.1 Å². The van der Waals surface area contributed by atoms with Crippen LogP contribution in [0, 0.1) is 29.9 Å². The molecule has 2 amide bonds. The van der Waals surface area contributed by atoms with Gasteiger partial charge in [-0.1, -0.05) is 23.7 Å². The molecule has 0 saturated heterocycles. The van der Waals surface area contributed by atoms with Gasteiger partial charge in [0, 0.05) is 31.4 Å². The second-order valence-corrected chi connectivity index (χ2v) is 9.89. The minimum atomic E-state index is -0.625. The largest absolute Gasteiger partial charge is 0.618 e. The molecule has 1 aromatic carbocycles. The zero-order valence-electron chi connectivity index (χ0n) is 19.7. The van der Waals surface area contributed by atoms with Crippen LogP contribution in [0.1, 0.15) is 42.4 Å². The van der Waals surface area contributed by atoms with E-state index in [1.165, 1.54) is 12.6 Å². The van der Waals surface area contributed by atoms with E-state index in [4.69, 9.17) is 11.6 Å². The number of amides is 2. The second kappa shape index (κ2) is 9.34. The molecule has 8 nitrogen and oxygen atoms in total. The van der Waals surface area contributed by atoms with Crippen LogP contribution in [0.3, 0.4) is 0 Å². The lowest BCUT2D eigenvalue weighted by Crippen LogP contribution is -2.48. The van der Waals surface area contributed by atoms with Crippen LogP contribution in [0.15, 0.2) is 48.8 Å². The molecule has 4 atom stereocenters. The molecule has 3 aromatic rings. The summed E-state index contributed by atoms with van der Waals surface area (Å²) in [5.74, 6) is 0.940. The fourth-order valence-corrected chi connectivity index (χ4v) is 5.62. The van der Waals surface area contributed by atoms with Crippen molar-refractivity contribution in [2.45, 2.75) is 45.7 Å². The number of pyridine rings is 1. The Morgan fingerprint density at radius 3 is 2.57 bits per heavy atom. The third-order valence-corrected chi connectivity index (χ3v) is 7.61. The van der Waals surface area contributed by atoms with Gasteiger partial charge in [0.15, 0.2) is 11.9 Å². The number of hydrogen-bond donors (Lipinski definition) is 2. The van der Waals surface area contributed by atoms with E-state index in [-0.39, 0.29) is 17.7 Å². The molecule has 2 saturated carbocycles. The fourth-order valence-electron chi connectivity index (χ4n) is 5.32. The topological polar surface area (TPSA) is 103 Å². The smallest absolute Gasteiger partial charge is 0.270 e. The zero-order chi connectivity index (χ0) is 24.7. The summed E-state index contributed by atoms with van der Waals surface area (Å²) in [6, 6.07) is 9.81. The first-order chi connectivity index (χ1) is 16.9. The summed E-state index contributed by atoms with van der Waals surface area (Å²) in [7, 11) is 0. The number of halogens is 1. The molecule has 35 heavy (non-hydrogen) atoms. The Morgan fingerprint density at radius 2 is 1.89 bits per heavy atom. The normalized spacial score (nSPS) is 21.3. The molecule has 0 spiro atoms. The van der Waals surface area contributed by atoms with Gasteiger partial charge in [-0.2, -0.15) is 9.83 Å². The van der Waals surface area contributed by atoms with Gasteiger partial charge >= 0.3 is 0 Å². The van der Waals surface area contributed by atoms with Crippen molar-refractivity contribution < 1.29 is 14.3 Å². The Hall–Kier alpha value is -3.39. The summed E-state index contributed by atoms with van der Waals surface area (Å²) in [5.41, 5.74) is 3.00. The van der Waals surface area contributed by atoms with Gasteiger partial charge in [0.1, 0.15) is 11.7 Å². The lowest BCUT2D eigenvalue weighted by atomic mass is 9.93. The Labute approximate surface area is 208 Å². The van der Waals surface area contributed by atoms with E-state index in [1.54, 1.807) is 42.1 Å². The van der Waals surface area contributed by atoms with E-state index < -0.39 is 6.04 Å². The highest BCUT2D eigenvalue weighted by molar-refractivity contribution is 6.33. The van der Waals surface area contributed by atoms with Gasteiger partial charge in [-0.15, -0.1) is 0 Å². The molecule has 182 valence electrons. The van der Waals surface area contributed by atoms with Gasteiger partial charge in [-0.3, -0.25) is 14.3 Å². The maximum atomic E-state index is 13.4. The summed E-state index contributed by atoms with van der Waals surface area (Å²) in [6.07, 6.45) is 6.11. The number of carbonyl (C=O) groups is 2. The first kappa shape index (κ1) is 23.4. The van der Waals surface area contributed by atoms with Gasteiger partial charge in [0.05, 0.1) is 10.6 Å². The van der Waals surface area contributed by atoms with E-state index in [0.29, 0.717) is 46.0 Å². The fraction of sp³-hybridized carbons (Fsp3) is 0.385. The Kier molecular flexibility index (Phi) is 6.23. The quantitative estimate of drug-likeness (QED) is 0.384. The minimum absolute atomic E-state index is 0.109. The summed E-state index contributed by atoms with van der Waals surface area (Å²) in [6.45, 7) is 4.21. The Morgan fingerprint density at radius 1 is 1.17 bits per heavy atom. The third kappa shape index (κ3) is 4.62. The van der Waals surface area contributed by atoms with Crippen molar-refractivity contribution in [2.24, 2.45) is 17.8 Å². The van der Waals surface area contributed by atoms with Crippen LogP contribution >= 0.6 is 11.6 Å². The molecule has 5 rings (SSSR count). The maximum Gasteiger partial charge on any atom is 0.270 e. The van der Waals surface area contributed by atoms with E-state index in [0.717, 1.165) is 23.1 Å². The number of hydrogen-bond acceptors (Lipinski definition) is 4. The van der Waals surface area contributed by atoms with Crippen molar-refractivity contribution in [1.82, 2.24) is 15.1 Å². The van der Waals surface area contributed by atoms with Gasteiger partial charge in [0.2, 0.25) is 5.91 Å². The second-order valence-electron chi connectivity index (χ2n) is 9.49. The summed E-state index contributed by atoms with van der Waals surface area (Å²) in [5, 5.41) is 22.6. The molecule has 0 bridgehead atoms. The van der Waals surface area contributed by atoms with Crippen molar-refractivity contribution in [3.63, 3.8) is 0 Å². The van der Waals surface area contributed by atoms with Gasteiger partial charge < -0.3 is 15.8 Å². The van der Waals surface area contributed by atoms with E-state index in [9.17, 15) is 14.8 Å². The number of rotatable bonds is 7. The van der Waals surface area contributed by atoms with Crippen LogP contribution in [0.25, 0.3) is 11.1 Å². The van der Waals surface area contributed by atoms with Crippen LogP contribution in [-0.4, -0.2) is 27.6 Å². The minimum Gasteiger partial charge on any atom is -0.618 e. The highest BCUT2D eigenvalue weighted by atomic mass is 35.5. The van der Waals surface area contributed by atoms with Crippen molar-refractivity contribution >= 4 is 29.1 Å².